The lowest BCUT2D eigenvalue weighted by Crippen LogP contribution is -2.40. The highest BCUT2D eigenvalue weighted by Gasteiger charge is 2.21. The number of ether oxygens (including phenoxy) is 2. The highest BCUT2D eigenvalue weighted by atomic mass is 127. The Morgan fingerprint density at radius 2 is 1.85 bits per heavy atom. The van der Waals surface area contributed by atoms with Crippen LogP contribution in [0, 0.1) is 0 Å². The Balaban J connectivity index is 2.03. The minimum atomic E-state index is -0.418. The zero-order valence-electron chi connectivity index (χ0n) is 18.6. The molecule has 0 aliphatic heterocycles. The Hall–Kier alpha value is -1.46. The predicted molar refractivity (Wildman–Crippen MR) is 139 cm³/mol. The molecular weight excluding hydrogens is 582 g/mol. The van der Waals surface area contributed by atoms with Gasteiger partial charge in [-0.1, -0.05) is 30.7 Å². The van der Waals surface area contributed by atoms with Crippen LogP contribution in [-0.4, -0.2) is 45.1 Å². The van der Waals surface area contributed by atoms with E-state index in [9.17, 15) is 9.59 Å². The van der Waals surface area contributed by atoms with Gasteiger partial charge in [0.05, 0.1) is 26.2 Å². The standard InChI is InChI=1S/C21H27ClIN4O5P/c1-3-10-30-12-13-31-20-24-18-17(27(20)14-15-5-7-16(22)8-6-15)19(28)26(21(29)25(18)2)9-4-11-32-33-23/h5-8,33H,3-4,9-14H2,1-2H3. The van der Waals surface area contributed by atoms with Gasteiger partial charge >= 0.3 is 5.69 Å². The molecule has 1 unspecified atom stereocenters. The maximum atomic E-state index is 13.4. The molecular formula is C21H27ClIN4O5P. The van der Waals surface area contributed by atoms with E-state index in [-0.39, 0.29) is 24.8 Å². The normalized spacial score (nSPS) is 11.8. The van der Waals surface area contributed by atoms with Gasteiger partial charge in [-0.05, 0) is 52.6 Å². The maximum Gasteiger partial charge on any atom is 0.332 e. The fraction of sp³-hybridized carbons (Fsp3) is 0.476. The van der Waals surface area contributed by atoms with Crippen molar-refractivity contribution in [3.63, 3.8) is 0 Å². The third kappa shape index (κ3) is 6.57. The Labute approximate surface area is 211 Å². The molecule has 9 nitrogen and oxygen atoms in total. The molecule has 2 heterocycles. The number of hydrogen-bond acceptors (Lipinski definition) is 6. The van der Waals surface area contributed by atoms with Gasteiger partial charge in [-0.15, -0.1) is 0 Å². The lowest BCUT2D eigenvalue weighted by molar-refractivity contribution is 0.0960. The van der Waals surface area contributed by atoms with Gasteiger partial charge in [0.15, 0.2) is 11.2 Å². The van der Waals surface area contributed by atoms with Crippen molar-refractivity contribution < 1.29 is 14.0 Å². The monoisotopic (exact) mass is 608 g/mol. The van der Waals surface area contributed by atoms with Crippen LogP contribution in [-0.2, 0) is 29.4 Å². The first-order valence-corrected chi connectivity index (χ1v) is 15.0. The van der Waals surface area contributed by atoms with Gasteiger partial charge in [-0.3, -0.25) is 18.5 Å². The van der Waals surface area contributed by atoms with E-state index in [2.05, 4.69) is 27.0 Å². The number of rotatable bonds is 13. The van der Waals surface area contributed by atoms with Crippen LogP contribution in [0.3, 0.4) is 0 Å². The van der Waals surface area contributed by atoms with Crippen molar-refractivity contribution in [3.05, 3.63) is 55.7 Å². The smallest absolute Gasteiger partial charge is 0.332 e. The summed E-state index contributed by atoms with van der Waals surface area (Å²) >= 11 is 8.16. The summed E-state index contributed by atoms with van der Waals surface area (Å²) in [5, 5.41) is 0.623. The summed E-state index contributed by atoms with van der Waals surface area (Å²) in [7, 11) is 1.61. The second-order valence-corrected chi connectivity index (χ2v) is 9.52. The van der Waals surface area contributed by atoms with E-state index in [4.69, 9.17) is 25.6 Å². The fourth-order valence-electron chi connectivity index (χ4n) is 3.35. The van der Waals surface area contributed by atoms with E-state index >= 15 is 0 Å². The molecule has 0 amide bonds. The average Bonchev–Trinajstić information content (AvgIpc) is 3.17. The molecule has 1 aromatic carbocycles. The second kappa shape index (κ2) is 12.9. The SMILES string of the molecule is CCCOCCOc1nc2c(c(=O)n(CCCOPI)c(=O)n2C)n1Cc1ccc(Cl)cc1. The molecule has 0 aliphatic carbocycles. The number of benzene rings is 1. The minimum Gasteiger partial charge on any atom is -0.462 e. The molecule has 0 aliphatic rings. The molecule has 0 radical (unpaired) electrons. The Bertz CT molecular complexity index is 1180. The van der Waals surface area contributed by atoms with Crippen LogP contribution < -0.4 is 16.0 Å². The number of hydrogen-bond donors (Lipinski definition) is 0. The zero-order valence-corrected chi connectivity index (χ0v) is 22.5. The van der Waals surface area contributed by atoms with E-state index in [1.165, 1.54) is 9.13 Å². The molecule has 0 saturated heterocycles. The molecule has 2 aromatic heterocycles. The Morgan fingerprint density at radius 1 is 1.09 bits per heavy atom. The number of imidazole rings is 1. The van der Waals surface area contributed by atoms with Gasteiger partial charge in [0.25, 0.3) is 11.6 Å². The molecule has 3 aromatic rings. The molecule has 0 fully saturated rings. The van der Waals surface area contributed by atoms with E-state index < -0.39 is 11.2 Å². The van der Waals surface area contributed by atoms with Crippen molar-refractivity contribution in [1.29, 1.82) is 0 Å². The van der Waals surface area contributed by atoms with Crippen LogP contribution in [0.15, 0.2) is 33.9 Å². The first-order valence-electron chi connectivity index (χ1n) is 10.6. The van der Waals surface area contributed by atoms with Crippen LogP contribution in [0.5, 0.6) is 6.01 Å². The lowest BCUT2D eigenvalue weighted by atomic mass is 10.2. The summed E-state index contributed by atoms with van der Waals surface area (Å²) in [4.78, 5) is 30.8. The highest BCUT2D eigenvalue weighted by molar-refractivity contribution is 14.2. The zero-order chi connectivity index (χ0) is 23.8. The van der Waals surface area contributed by atoms with Crippen molar-refractivity contribution in [2.24, 2.45) is 7.05 Å². The van der Waals surface area contributed by atoms with Gasteiger partial charge in [0, 0.05) is 25.2 Å². The second-order valence-electron chi connectivity index (χ2n) is 7.32. The largest absolute Gasteiger partial charge is 0.462 e. The van der Waals surface area contributed by atoms with Gasteiger partial charge in [0.1, 0.15) is 6.61 Å². The summed E-state index contributed by atoms with van der Waals surface area (Å²) in [5.41, 5.74) is 0.696. The maximum absolute atomic E-state index is 13.4. The van der Waals surface area contributed by atoms with Crippen molar-refractivity contribution in [3.8, 4) is 6.01 Å². The van der Waals surface area contributed by atoms with E-state index in [0.717, 1.165) is 12.0 Å². The molecule has 3 rings (SSSR count). The van der Waals surface area contributed by atoms with E-state index in [1.807, 2.05) is 19.1 Å². The number of nitrogens with zero attached hydrogens (tertiary/aromatic N) is 4. The quantitative estimate of drug-likeness (QED) is 0.167. The van der Waals surface area contributed by atoms with Crippen LogP contribution in [0.1, 0.15) is 25.3 Å². The van der Waals surface area contributed by atoms with Crippen molar-refractivity contribution in [2.45, 2.75) is 32.9 Å². The van der Waals surface area contributed by atoms with E-state index in [1.54, 1.807) is 23.7 Å². The van der Waals surface area contributed by atoms with Crippen molar-refractivity contribution in [1.82, 2.24) is 18.7 Å². The van der Waals surface area contributed by atoms with E-state index in [0.29, 0.717) is 49.8 Å². The highest BCUT2D eigenvalue weighted by Crippen LogP contribution is 2.22. The number of aryl methyl sites for hydroxylation is 1. The first-order chi connectivity index (χ1) is 16.0. The lowest BCUT2D eigenvalue weighted by Gasteiger charge is -2.12. The Morgan fingerprint density at radius 3 is 2.55 bits per heavy atom. The fourth-order valence-corrected chi connectivity index (χ4v) is 4.36. The minimum absolute atomic E-state index is 0.260. The van der Waals surface area contributed by atoms with Gasteiger partial charge in [-0.2, -0.15) is 4.98 Å². The summed E-state index contributed by atoms with van der Waals surface area (Å²) in [5.74, 6) is 0. The summed E-state index contributed by atoms with van der Waals surface area (Å²) < 4.78 is 21.1. The van der Waals surface area contributed by atoms with Gasteiger partial charge in [0.2, 0.25) is 0 Å². The molecule has 12 heteroatoms. The Kier molecular flexibility index (Phi) is 10.2. The van der Waals surface area contributed by atoms with Crippen molar-refractivity contribution in [2.75, 3.05) is 26.4 Å². The first kappa shape index (κ1) is 26.2. The topological polar surface area (TPSA) is 89.5 Å². The molecule has 33 heavy (non-hydrogen) atoms. The molecule has 0 saturated carbocycles. The number of aromatic nitrogens is 4. The average molecular weight is 609 g/mol. The van der Waals surface area contributed by atoms with Gasteiger partial charge in [-0.25, -0.2) is 4.79 Å². The molecule has 0 bridgehead atoms. The summed E-state index contributed by atoms with van der Waals surface area (Å²) in [6, 6.07) is 7.60. The predicted octanol–water partition coefficient (Wildman–Crippen LogP) is 3.75. The third-order valence-electron chi connectivity index (χ3n) is 4.94. The summed E-state index contributed by atoms with van der Waals surface area (Å²) in [6.07, 6.45) is 1.47. The van der Waals surface area contributed by atoms with Crippen molar-refractivity contribution >= 4 is 51.3 Å². The molecule has 0 spiro atoms. The third-order valence-corrected chi connectivity index (χ3v) is 6.44. The van der Waals surface area contributed by atoms with Crippen LogP contribution >= 0.6 is 40.1 Å². The molecule has 0 N–H and O–H groups in total. The van der Waals surface area contributed by atoms with Gasteiger partial charge < -0.3 is 14.0 Å². The number of fused-ring (bicyclic) bond motifs is 1. The van der Waals surface area contributed by atoms with Crippen LogP contribution in [0.25, 0.3) is 11.2 Å². The van der Waals surface area contributed by atoms with Crippen LogP contribution in [0.4, 0.5) is 0 Å². The number of halogens is 2. The molecule has 1 atom stereocenters. The van der Waals surface area contributed by atoms with Crippen LogP contribution in [0.2, 0.25) is 5.02 Å². The molecule has 180 valence electrons. The summed E-state index contributed by atoms with van der Waals surface area (Å²) in [6.45, 7) is 4.77.